The number of carbonyl (C=O) groups excluding carboxylic acids is 1. The normalized spacial score (nSPS) is 9.93. The predicted molar refractivity (Wildman–Crippen MR) is 57.3 cm³/mol. The van der Waals surface area contributed by atoms with Crippen LogP contribution in [0.3, 0.4) is 0 Å². The lowest BCUT2D eigenvalue weighted by molar-refractivity contribution is 0.0599. The highest BCUT2D eigenvalue weighted by Gasteiger charge is 2.13. The Hall–Kier alpha value is -1.25. The smallest absolute Gasteiger partial charge is 0.338 e. The van der Waals surface area contributed by atoms with Crippen LogP contribution in [0, 0.1) is 6.92 Å². The Morgan fingerprint density at radius 3 is 2.64 bits per heavy atom. The van der Waals surface area contributed by atoms with Crippen molar-refractivity contribution >= 4 is 19.3 Å². The molecule has 0 atom stereocenters. The molecule has 2 radical (unpaired) electrons. The van der Waals surface area contributed by atoms with Crippen LogP contribution in [-0.2, 0) is 11.2 Å². The molecule has 1 rings (SSSR count). The molecule has 3 heteroatoms. The molecule has 14 heavy (non-hydrogen) atoms. The van der Waals surface area contributed by atoms with Crippen molar-refractivity contribution in [1.29, 1.82) is 0 Å². The van der Waals surface area contributed by atoms with Gasteiger partial charge in [0.1, 0.15) is 7.85 Å². The molecular formula is C11H13BO2. The zero-order valence-corrected chi connectivity index (χ0v) is 8.76. The van der Waals surface area contributed by atoms with Gasteiger partial charge in [-0.1, -0.05) is 24.5 Å². The van der Waals surface area contributed by atoms with Crippen molar-refractivity contribution < 1.29 is 9.53 Å². The van der Waals surface area contributed by atoms with E-state index in [1.165, 1.54) is 7.11 Å². The van der Waals surface area contributed by atoms with E-state index >= 15 is 0 Å². The molecular weight excluding hydrogens is 175 g/mol. The van der Waals surface area contributed by atoms with Crippen molar-refractivity contribution in [3.05, 3.63) is 28.8 Å². The molecule has 72 valence electrons. The second kappa shape index (κ2) is 4.31. The number of carbonyl (C=O) groups is 1. The second-order valence-electron chi connectivity index (χ2n) is 3.22. The molecule has 0 aromatic heterocycles. The van der Waals surface area contributed by atoms with Gasteiger partial charge in [-0.05, 0) is 24.5 Å². The van der Waals surface area contributed by atoms with E-state index in [0.29, 0.717) is 11.0 Å². The van der Waals surface area contributed by atoms with E-state index < -0.39 is 0 Å². The van der Waals surface area contributed by atoms with Crippen LogP contribution >= 0.6 is 0 Å². The molecule has 0 aliphatic carbocycles. The Kier molecular flexibility index (Phi) is 3.34. The molecule has 0 saturated carbocycles. The molecule has 0 unspecified atom stereocenters. The van der Waals surface area contributed by atoms with Gasteiger partial charge in [0.05, 0.1) is 12.7 Å². The van der Waals surface area contributed by atoms with Crippen LogP contribution in [0.25, 0.3) is 0 Å². The minimum absolute atomic E-state index is 0.292. The van der Waals surface area contributed by atoms with Crippen LogP contribution < -0.4 is 5.46 Å². The summed E-state index contributed by atoms with van der Waals surface area (Å²) in [7, 11) is 7.08. The number of hydrogen-bond acceptors (Lipinski definition) is 2. The van der Waals surface area contributed by atoms with Gasteiger partial charge in [0.25, 0.3) is 0 Å². The molecule has 0 spiro atoms. The van der Waals surface area contributed by atoms with E-state index in [1.807, 2.05) is 19.9 Å². The summed E-state index contributed by atoms with van der Waals surface area (Å²) in [6, 6.07) is 3.60. The highest BCUT2D eigenvalue weighted by atomic mass is 16.5. The van der Waals surface area contributed by atoms with Gasteiger partial charge in [-0.25, -0.2) is 4.79 Å². The molecule has 0 saturated heterocycles. The second-order valence-corrected chi connectivity index (χ2v) is 3.22. The summed E-state index contributed by atoms with van der Waals surface area (Å²) in [5.41, 5.74) is 3.14. The first kappa shape index (κ1) is 10.8. The fourth-order valence-corrected chi connectivity index (χ4v) is 1.56. The van der Waals surface area contributed by atoms with E-state index in [0.717, 1.165) is 17.5 Å². The minimum atomic E-state index is -0.292. The topological polar surface area (TPSA) is 26.3 Å². The van der Waals surface area contributed by atoms with Gasteiger partial charge in [0, 0.05) is 0 Å². The van der Waals surface area contributed by atoms with Gasteiger partial charge in [-0.3, -0.25) is 0 Å². The first-order valence-corrected chi connectivity index (χ1v) is 4.57. The fraction of sp³-hybridized carbons (Fsp3) is 0.364. The summed E-state index contributed by atoms with van der Waals surface area (Å²) in [4.78, 5) is 11.5. The monoisotopic (exact) mass is 188 g/mol. The Labute approximate surface area is 85.7 Å². The average Bonchev–Trinajstić information content (AvgIpc) is 2.15. The third kappa shape index (κ3) is 1.98. The number of esters is 1. The number of aryl methyl sites for hydroxylation is 2. The van der Waals surface area contributed by atoms with Gasteiger partial charge in [0.2, 0.25) is 0 Å². The van der Waals surface area contributed by atoms with Crippen molar-refractivity contribution in [1.82, 2.24) is 0 Å². The average molecular weight is 188 g/mol. The highest BCUT2D eigenvalue weighted by molar-refractivity contribution is 6.32. The van der Waals surface area contributed by atoms with Crippen molar-refractivity contribution in [2.75, 3.05) is 7.11 Å². The molecule has 0 bridgehead atoms. The van der Waals surface area contributed by atoms with Crippen molar-refractivity contribution in [2.24, 2.45) is 0 Å². The molecule has 1 aromatic carbocycles. The van der Waals surface area contributed by atoms with Crippen LogP contribution in [0.4, 0.5) is 0 Å². The Bertz CT molecular complexity index is 359. The number of rotatable bonds is 2. The number of hydrogen-bond donors (Lipinski definition) is 0. The third-order valence-electron chi connectivity index (χ3n) is 2.21. The van der Waals surface area contributed by atoms with Gasteiger partial charge in [-0.2, -0.15) is 0 Å². The van der Waals surface area contributed by atoms with Crippen molar-refractivity contribution in [2.45, 2.75) is 20.3 Å². The standard InChI is InChI=1S/C11H13BO2/c1-4-8-6-9(12)5-7(2)10(8)11(13)14-3/h5-6H,4H2,1-3H3. The molecule has 0 aliphatic heterocycles. The van der Waals surface area contributed by atoms with E-state index in [2.05, 4.69) is 0 Å². The molecule has 1 aromatic rings. The quantitative estimate of drug-likeness (QED) is 0.513. The Morgan fingerprint density at radius 1 is 1.50 bits per heavy atom. The zero-order valence-electron chi connectivity index (χ0n) is 8.76. The molecule has 0 aliphatic rings. The lowest BCUT2D eigenvalue weighted by atomic mass is 9.88. The van der Waals surface area contributed by atoms with Crippen LogP contribution in [0.15, 0.2) is 12.1 Å². The summed E-state index contributed by atoms with van der Waals surface area (Å²) in [6.45, 7) is 3.85. The van der Waals surface area contributed by atoms with E-state index in [1.54, 1.807) is 6.07 Å². The number of methoxy groups -OCH3 is 1. The summed E-state index contributed by atoms with van der Waals surface area (Å²) in [5.74, 6) is -0.292. The van der Waals surface area contributed by atoms with Crippen molar-refractivity contribution in [3.8, 4) is 0 Å². The Balaban J connectivity index is 3.32. The van der Waals surface area contributed by atoms with Crippen LogP contribution in [-0.4, -0.2) is 20.9 Å². The SMILES string of the molecule is [B]c1cc(C)c(C(=O)OC)c(CC)c1. The lowest BCUT2D eigenvalue weighted by Crippen LogP contribution is -2.13. The first-order chi connectivity index (χ1) is 6.60. The van der Waals surface area contributed by atoms with Crippen LogP contribution in [0.2, 0.25) is 0 Å². The summed E-state index contributed by atoms with van der Waals surface area (Å²) < 4.78 is 4.72. The third-order valence-corrected chi connectivity index (χ3v) is 2.21. The summed E-state index contributed by atoms with van der Waals surface area (Å²) >= 11 is 0. The lowest BCUT2D eigenvalue weighted by Gasteiger charge is -2.10. The molecule has 0 N–H and O–H groups in total. The van der Waals surface area contributed by atoms with E-state index in [-0.39, 0.29) is 5.97 Å². The van der Waals surface area contributed by atoms with Crippen LogP contribution in [0.5, 0.6) is 0 Å². The van der Waals surface area contributed by atoms with Crippen LogP contribution in [0.1, 0.15) is 28.4 Å². The largest absolute Gasteiger partial charge is 0.465 e. The zero-order chi connectivity index (χ0) is 10.7. The maximum atomic E-state index is 11.5. The minimum Gasteiger partial charge on any atom is -0.465 e. The molecule has 2 nitrogen and oxygen atoms in total. The maximum Gasteiger partial charge on any atom is 0.338 e. The number of benzene rings is 1. The maximum absolute atomic E-state index is 11.5. The van der Waals surface area contributed by atoms with Gasteiger partial charge >= 0.3 is 5.97 Å². The fourth-order valence-electron chi connectivity index (χ4n) is 1.56. The van der Waals surface area contributed by atoms with Gasteiger partial charge in [0.15, 0.2) is 0 Å². The first-order valence-electron chi connectivity index (χ1n) is 4.57. The highest BCUT2D eigenvalue weighted by Crippen LogP contribution is 2.14. The Morgan fingerprint density at radius 2 is 2.14 bits per heavy atom. The summed E-state index contributed by atoms with van der Waals surface area (Å²) in [5, 5.41) is 0. The molecule has 0 fully saturated rings. The van der Waals surface area contributed by atoms with E-state index in [9.17, 15) is 4.79 Å². The molecule has 0 amide bonds. The summed E-state index contributed by atoms with van der Waals surface area (Å²) in [6.07, 6.45) is 0.774. The van der Waals surface area contributed by atoms with Gasteiger partial charge in [-0.15, -0.1) is 0 Å². The predicted octanol–water partition coefficient (Wildman–Crippen LogP) is 1.14. The van der Waals surface area contributed by atoms with E-state index in [4.69, 9.17) is 12.6 Å². The number of ether oxygens (including phenoxy) is 1. The van der Waals surface area contributed by atoms with Crippen molar-refractivity contribution in [3.63, 3.8) is 0 Å². The molecule has 0 heterocycles. The van der Waals surface area contributed by atoms with Gasteiger partial charge < -0.3 is 4.74 Å².